The van der Waals surface area contributed by atoms with Crippen LogP contribution in [0.5, 0.6) is 0 Å². The number of hydrogen-bond acceptors (Lipinski definition) is 4. The Kier molecular flexibility index (Phi) is 3.97. The second-order valence-corrected chi connectivity index (χ2v) is 4.51. The number of nitrogens with one attached hydrogen (secondary N) is 1. The van der Waals surface area contributed by atoms with E-state index in [-0.39, 0.29) is 11.7 Å². The molecule has 1 heterocycles. The van der Waals surface area contributed by atoms with E-state index < -0.39 is 4.92 Å². The molecular formula is C13H12ClN3O2. The van der Waals surface area contributed by atoms with Gasteiger partial charge in [-0.3, -0.25) is 10.1 Å². The van der Waals surface area contributed by atoms with Crippen LogP contribution in [0.25, 0.3) is 0 Å². The Bertz CT molecular complexity index is 569. The van der Waals surface area contributed by atoms with E-state index in [1.165, 1.54) is 12.3 Å². The molecule has 0 aliphatic heterocycles. The van der Waals surface area contributed by atoms with Gasteiger partial charge in [-0.1, -0.05) is 23.7 Å². The van der Waals surface area contributed by atoms with Gasteiger partial charge < -0.3 is 5.32 Å². The predicted molar refractivity (Wildman–Crippen MR) is 74.4 cm³/mol. The summed E-state index contributed by atoms with van der Waals surface area (Å²) in [5, 5.41) is 14.4. The lowest BCUT2D eigenvalue weighted by Crippen LogP contribution is -2.07. The van der Waals surface area contributed by atoms with Crippen LogP contribution in [0.1, 0.15) is 18.5 Å². The Balaban J connectivity index is 2.08. The lowest BCUT2D eigenvalue weighted by Gasteiger charge is -2.14. The SMILES string of the molecule is C[C@@H](Nc1ccc([N+](=O)[O-])cn1)c1ccc(Cl)cc1. The molecule has 98 valence electrons. The molecule has 0 spiro atoms. The first-order valence-corrected chi connectivity index (χ1v) is 6.06. The number of rotatable bonds is 4. The minimum atomic E-state index is -0.473. The summed E-state index contributed by atoms with van der Waals surface area (Å²) in [5.41, 5.74) is 1.04. The highest BCUT2D eigenvalue weighted by atomic mass is 35.5. The van der Waals surface area contributed by atoms with Crippen molar-refractivity contribution in [3.05, 3.63) is 63.3 Å². The van der Waals surface area contributed by atoms with Crippen LogP contribution < -0.4 is 5.32 Å². The Hall–Kier alpha value is -2.14. The number of benzene rings is 1. The average Bonchev–Trinajstić information content (AvgIpc) is 2.40. The average molecular weight is 278 g/mol. The molecule has 0 bridgehead atoms. The van der Waals surface area contributed by atoms with Gasteiger partial charge in [-0.2, -0.15) is 0 Å². The van der Waals surface area contributed by atoms with Crippen LogP contribution in [0, 0.1) is 10.1 Å². The number of anilines is 1. The highest BCUT2D eigenvalue weighted by Gasteiger charge is 2.08. The molecule has 2 aromatic rings. The summed E-state index contributed by atoms with van der Waals surface area (Å²) in [6, 6.07) is 10.5. The predicted octanol–water partition coefficient (Wildman–Crippen LogP) is 3.82. The molecule has 0 saturated carbocycles. The molecule has 0 unspecified atom stereocenters. The van der Waals surface area contributed by atoms with Crippen LogP contribution in [0.3, 0.4) is 0 Å². The smallest absolute Gasteiger partial charge is 0.287 e. The first kappa shape index (κ1) is 13.3. The van der Waals surface area contributed by atoms with Crippen molar-refractivity contribution in [1.82, 2.24) is 4.98 Å². The van der Waals surface area contributed by atoms with Crippen molar-refractivity contribution in [3.63, 3.8) is 0 Å². The molecule has 1 N–H and O–H groups in total. The summed E-state index contributed by atoms with van der Waals surface area (Å²) >= 11 is 5.83. The maximum absolute atomic E-state index is 10.5. The fourth-order valence-corrected chi connectivity index (χ4v) is 1.76. The van der Waals surface area contributed by atoms with Crippen LogP contribution >= 0.6 is 11.6 Å². The minimum Gasteiger partial charge on any atom is -0.364 e. The van der Waals surface area contributed by atoms with Gasteiger partial charge in [-0.25, -0.2) is 4.98 Å². The van der Waals surface area contributed by atoms with Gasteiger partial charge in [0.1, 0.15) is 12.0 Å². The van der Waals surface area contributed by atoms with Gasteiger partial charge in [-0.15, -0.1) is 0 Å². The molecular weight excluding hydrogens is 266 g/mol. The fraction of sp³-hybridized carbons (Fsp3) is 0.154. The quantitative estimate of drug-likeness (QED) is 0.681. The van der Waals surface area contributed by atoms with Gasteiger partial charge in [0.15, 0.2) is 0 Å². The number of nitrogens with zero attached hydrogens (tertiary/aromatic N) is 2. The van der Waals surface area contributed by atoms with Gasteiger partial charge in [-0.05, 0) is 30.7 Å². The van der Waals surface area contributed by atoms with Crippen molar-refractivity contribution >= 4 is 23.1 Å². The molecule has 1 aromatic heterocycles. The Morgan fingerprint density at radius 3 is 2.47 bits per heavy atom. The van der Waals surface area contributed by atoms with E-state index in [9.17, 15) is 10.1 Å². The summed E-state index contributed by atoms with van der Waals surface area (Å²) < 4.78 is 0. The Labute approximate surface area is 115 Å². The Morgan fingerprint density at radius 1 is 1.26 bits per heavy atom. The molecule has 1 aromatic carbocycles. The zero-order valence-corrected chi connectivity index (χ0v) is 11.0. The van der Waals surface area contributed by atoms with Gasteiger partial charge >= 0.3 is 0 Å². The molecule has 0 aliphatic rings. The zero-order valence-electron chi connectivity index (χ0n) is 10.2. The summed E-state index contributed by atoms with van der Waals surface area (Å²) in [4.78, 5) is 14.1. The number of aromatic nitrogens is 1. The Morgan fingerprint density at radius 2 is 1.95 bits per heavy atom. The number of nitro groups is 1. The van der Waals surface area contributed by atoms with E-state index in [2.05, 4.69) is 10.3 Å². The highest BCUT2D eigenvalue weighted by molar-refractivity contribution is 6.30. The van der Waals surface area contributed by atoms with E-state index in [1.807, 2.05) is 31.2 Å². The van der Waals surface area contributed by atoms with E-state index in [0.717, 1.165) is 5.56 Å². The van der Waals surface area contributed by atoms with Gasteiger partial charge in [0.2, 0.25) is 0 Å². The summed E-state index contributed by atoms with van der Waals surface area (Å²) in [5.74, 6) is 0.591. The molecule has 0 saturated heterocycles. The van der Waals surface area contributed by atoms with Crippen LogP contribution in [0.4, 0.5) is 11.5 Å². The largest absolute Gasteiger partial charge is 0.364 e. The molecule has 2 rings (SSSR count). The molecule has 5 nitrogen and oxygen atoms in total. The molecule has 0 radical (unpaired) electrons. The first-order valence-electron chi connectivity index (χ1n) is 5.68. The van der Waals surface area contributed by atoms with Gasteiger partial charge in [0.05, 0.1) is 4.92 Å². The lowest BCUT2D eigenvalue weighted by atomic mass is 10.1. The van der Waals surface area contributed by atoms with Crippen molar-refractivity contribution in [2.75, 3.05) is 5.32 Å². The number of halogens is 1. The molecule has 0 amide bonds. The third-order valence-electron chi connectivity index (χ3n) is 2.69. The maximum atomic E-state index is 10.5. The second-order valence-electron chi connectivity index (χ2n) is 4.08. The third kappa shape index (κ3) is 3.42. The number of hydrogen-bond donors (Lipinski definition) is 1. The maximum Gasteiger partial charge on any atom is 0.287 e. The monoisotopic (exact) mass is 277 g/mol. The standard InChI is InChI=1S/C13H12ClN3O2/c1-9(10-2-4-11(14)5-3-10)16-13-7-6-12(8-15-13)17(18)19/h2-9H,1H3,(H,15,16)/t9-/m1/s1. The normalized spacial score (nSPS) is 11.9. The van der Waals surface area contributed by atoms with Crippen LogP contribution in [-0.2, 0) is 0 Å². The number of pyridine rings is 1. The molecule has 0 aliphatic carbocycles. The lowest BCUT2D eigenvalue weighted by molar-refractivity contribution is -0.385. The van der Waals surface area contributed by atoms with Crippen molar-refractivity contribution in [3.8, 4) is 0 Å². The van der Waals surface area contributed by atoms with E-state index in [4.69, 9.17) is 11.6 Å². The first-order chi connectivity index (χ1) is 9.06. The van der Waals surface area contributed by atoms with Crippen molar-refractivity contribution in [2.24, 2.45) is 0 Å². The summed E-state index contributed by atoms with van der Waals surface area (Å²) in [6.45, 7) is 1.98. The zero-order chi connectivity index (χ0) is 13.8. The highest BCUT2D eigenvalue weighted by Crippen LogP contribution is 2.20. The van der Waals surface area contributed by atoms with Gasteiger partial charge in [0, 0.05) is 17.1 Å². The van der Waals surface area contributed by atoms with Crippen molar-refractivity contribution in [1.29, 1.82) is 0 Å². The summed E-state index contributed by atoms with van der Waals surface area (Å²) in [6.07, 6.45) is 1.23. The molecule has 0 fully saturated rings. The van der Waals surface area contributed by atoms with E-state index in [1.54, 1.807) is 6.07 Å². The molecule has 1 atom stereocenters. The van der Waals surface area contributed by atoms with E-state index >= 15 is 0 Å². The minimum absolute atomic E-state index is 0.0234. The van der Waals surface area contributed by atoms with Crippen molar-refractivity contribution in [2.45, 2.75) is 13.0 Å². The molecule has 6 heteroatoms. The van der Waals surface area contributed by atoms with Crippen LogP contribution in [0.2, 0.25) is 5.02 Å². The topological polar surface area (TPSA) is 68.1 Å². The fourth-order valence-electron chi connectivity index (χ4n) is 1.64. The third-order valence-corrected chi connectivity index (χ3v) is 2.95. The molecule has 19 heavy (non-hydrogen) atoms. The van der Waals surface area contributed by atoms with Crippen LogP contribution in [-0.4, -0.2) is 9.91 Å². The van der Waals surface area contributed by atoms with Crippen molar-refractivity contribution < 1.29 is 4.92 Å². The summed E-state index contributed by atoms with van der Waals surface area (Å²) in [7, 11) is 0. The van der Waals surface area contributed by atoms with Gasteiger partial charge in [0.25, 0.3) is 5.69 Å². The van der Waals surface area contributed by atoms with E-state index in [0.29, 0.717) is 10.8 Å². The second kappa shape index (κ2) is 5.67. The van der Waals surface area contributed by atoms with Crippen LogP contribution in [0.15, 0.2) is 42.6 Å².